The van der Waals surface area contributed by atoms with Gasteiger partial charge in [0.1, 0.15) is 140 Å². The van der Waals surface area contributed by atoms with E-state index in [-0.39, 0.29) is 0 Å². The molecule has 0 aliphatic carbocycles. The van der Waals surface area contributed by atoms with Gasteiger partial charge < -0.3 is 150 Å². The van der Waals surface area contributed by atoms with Gasteiger partial charge in [-0.2, -0.15) is 0 Å². The summed E-state index contributed by atoms with van der Waals surface area (Å²) >= 11 is 0. The number of carbonyl (C=O) groups excluding carboxylic acids is 3. The number of hydrogen-bond donors (Lipinski definition) is 19. The molecule has 0 bridgehead atoms. The van der Waals surface area contributed by atoms with Crippen LogP contribution in [0.25, 0.3) is 0 Å². The van der Waals surface area contributed by atoms with Crippen molar-refractivity contribution in [3.8, 4) is 0 Å². The van der Waals surface area contributed by atoms with Crippen molar-refractivity contribution in [3.05, 3.63) is 0 Å². The molecule has 6 aliphatic heterocycles. The molecule has 0 aromatic carbocycles. The second-order valence-corrected chi connectivity index (χ2v) is 18.9. The van der Waals surface area contributed by atoms with Gasteiger partial charge in [-0.05, 0) is 6.92 Å². The van der Waals surface area contributed by atoms with E-state index in [9.17, 15) is 96.1 Å². The molecule has 6 saturated heterocycles. The number of rotatable bonds is 18. The Morgan fingerprint density at radius 2 is 0.733 bits per heavy atom. The second kappa shape index (κ2) is 26.5. The van der Waals surface area contributed by atoms with Crippen molar-refractivity contribution >= 4 is 17.7 Å². The van der Waals surface area contributed by atoms with Crippen LogP contribution in [-0.2, 0) is 66.5 Å². The van der Waals surface area contributed by atoms with E-state index < -0.39 is 235 Å². The van der Waals surface area contributed by atoms with E-state index >= 15 is 0 Å². The summed E-state index contributed by atoms with van der Waals surface area (Å²) in [5.74, 6) is -2.44. The fourth-order valence-corrected chi connectivity index (χ4v) is 9.65. The third-order valence-electron chi connectivity index (χ3n) is 13.6. The van der Waals surface area contributed by atoms with Crippen LogP contribution in [0, 0.1) is 0 Å². The van der Waals surface area contributed by atoms with Gasteiger partial charge in [-0.15, -0.1) is 0 Å². The third kappa shape index (κ3) is 13.5. The van der Waals surface area contributed by atoms with Gasteiger partial charge in [0, 0.05) is 20.8 Å². The summed E-state index contributed by atoms with van der Waals surface area (Å²) in [6.45, 7) is -0.481. The van der Waals surface area contributed by atoms with Crippen LogP contribution in [0.15, 0.2) is 0 Å². The summed E-state index contributed by atoms with van der Waals surface area (Å²) in [5.41, 5.74) is 0. The SMILES string of the molecule is CC(=O)N[C@@H]1[C@@H](O[C@@H]2O[C@H](CO)[C@@H](O)[C@H](O[C@@H]3O[C@H](CO)[C@H](O)[C@H](O[C@@H]4O[C@H](CO)[C@@H](O[C@@H]5O[C@H](CO)[C@H](O)[C@H](O)[C@H]5O[C@@H]5O[C@@H](C)[C@@H](O)[C@@H](O)[C@@H]5O)[C@H](O)[C@H]4NC(C)=O)[C@H]3O)[C@H]2NC(C)=O)[C@@H](O)[C@@H](CO)O[C@@H]1O. The number of ether oxygens (including phenoxy) is 11. The molecular weight excluding hydrogens is 1030 g/mol. The average Bonchev–Trinajstić information content (AvgIpc) is 3.36. The minimum absolute atomic E-state index is 0.739. The number of nitrogens with one attached hydrogen (secondary N) is 3. The molecule has 3 amide bonds. The fraction of sp³-hybridized carbons (Fsp3) is 0.929. The minimum atomic E-state index is -2.25. The van der Waals surface area contributed by atoms with Gasteiger partial charge in [-0.1, -0.05) is 0 Å². The quantitative estimate of drug-likeness (QED) is 0.0606. The summed E-state index contributed by atoms with van der Waals surface area (Å²) in [6, 6.07) is -5.11. The van der Waals surface area contributed by atoms with Gasteiger partial charge in [0.15, 0.2) is 37.7 Å². The van der Waals surface area contributed by atoms with E-state index in [0.717, 1.165) is 20.8 Å². The number of carbonyl (C=O) groups is 3. The van der Waals surface area contributed by atoms with Crippen molar-refractivity contribution in [2.45, 2.75) is 212 Å². The molecule has 0 aromatic rings. The molecule has 6 rings (SSSR count). The summed E-state index contributed by atoms with van der Waals surface area (Å²) in [5, 5.41) is 180. The molecule has 6 fully saturated rings. The lowest BCUT2D eigenvalue weighted by Crippen LogP contribution is -2.71. The predicted octanol–water partition coefficient (Wildman–Crippen LogP) is -12.6. The molecule has 0 spiro atoms. The van der Waals surface area contributed by atoms with Gasteiger partial charge in [-0.3, -0.25) is 14.4 Å². The molecule has 0 radical (unpaired) electrons. The zero-order valence-electron chi connectivity index (χ0n) is 40.7. The van der Waals surface area contributed by atoms with Crippen LogP contribution in [0.2, 0.25) is 0 Å². The molecule has 6 heterocycles. The number of aliphatic hydroxyl groups is 16. The molecule has 75 heavy (non-hydrogen) atoms. The van der Waals surface area contributed by atoms with E-state index in [1.807, 2.05) is 0 Å². The zero-order chi connectivity index (χ0) is 55.5. The van der Waals surface area contributed by atoms with Gasteiger partial charge in [-0.25, -0.2) is 0 Å². The number of aliphatic hydroxyl groups excluding tert-OH is 16. The van der Waals surface area contributed by atoms with Gasteiger partial charge >= 0.3 is 0 Å². The third-order valence-corrected chi connectivity index (χ3v) is 13.6. The summed E-state index contributed by atoms with van der Waals surface area (Å²) in [7, 11) is 0. The Balaban J connectivity index is 1.26. The molecule has 30 atom stereocenters. The standard InChI is InChI=1S/C42H71N3O30/c1-10-22(54)28(60)30(62)40(65-10)75-36-29(61)23(55)14(5-46)69-42(36)71-32-18(9-50)70-38(19(27(32)59)43-11(2)51)74-35-26(58)17(8-49)68-41(31(35)63)73-34-21(45-13(4)53)39(67-16(7-48)25(34)57)72-33-20(44-12(3)52)37(64)66-15(6-47)24(33)56/h10,14-42,46-50,54-64H,5-9H2,1-4H3,(H,43,51)(H,44,52)(H,45,53)/t10-,14+,15+,16+,17+,18+,19+,20+,21+,22+,23-,24-,25+,26-,27+,28+,29-,30-,31+,32+,33+,34+,35-,36+,37-,38-,39-,40-,41-,42-/m0/s1. The highest BCUT2D eigenvalue weighted by molar-refractivity contribution is 5.74. The highest BCUT2D eigenvalue weighted by atomic mass is 16.8. The van der Waals surface area contributed by atoms with E-state index in [0.29, 0.717) is 0 Å². The molecule has 0 aromatic heterocycles. The van der Waals surface area contributed by atoms with Crippen molar-refractivity contribution in [3.63, 3.8) is 0 Å². The summed E-state index contributed by atoms with van der Waals surface area (Å²) in [4.78, 5) is 37.6. The maximum atomic E-state index is 12.7. The Labute approximate surface area is 426 Å². The Hall–Kier alpha value is -2.67. The van der Waals surface area contributed by atoms with Crippen molar-refractivity contribution < 1.29 is 148 Å². The molecule has 6 aliphatic rings. The maximum absolute atomic E-state index is 12.7. The Kier molecular flexibility index (Phi) is 21.8. The van der Waals surface area contributed by atoms with Crippen LogP contribution in [0.4, 0.5) is 0 Å². The summed E-state index contributed by atoms with van der Waals surface area (Å²) in [6.07, 6.45) is -50.0. The molecule has 33 heteroatoms. The Bertz CT molecular complexity index is 1850. The number of hydrogen-bond acceptors (Lipinski definition) is 30. The van der Waals surface area contributed by atoms with Gasteiger partial charge in [0.25, 0.3) is 0 Å². The topological polar surface area (TPSA) is 513 Å². The number of amides is 3. The lowest BCUT2D eigenvalue weighted by atomic mass is 9.93. The molecule has 434 valence electrons. The molecule has 19 N–H and O–H groups in total. The van der Waals surface area contributed by atoms with Crippen LogP contribution in [0.5, 0.6) is 0 Å². The normalized spacial score (nSPS) is 48.6. The van der Waals surface area contributed by atoms with Gasteiger partial charge in [0.05, 0.1) is 39.1 Å². The van der Waals surface area contributed by atoms with Crippen molar-refractivity contribution in [2.24, 2.45) is 0 Å². The van der Waals surface area contributed by atoms with E-state index in [1.54, 1.807) is 0 Å². The summed E-state index contributed by atoms with van der Waals surface area (Å²) < 4.78 is 63.7. The molecule has 0 unspecified atom stereocenters. The first-order valence-corrected chi connectivity index (χ1v) is 24.0. The van der Waals surface area contributed by atoms with Crippen LogP contribution in [0.1, 0.15) is 27.7 Å². The van der Waals surface area contributed by atoms with E-state index in [4.69, 9.17) is 52.1 Å². The first-order valence-electron chi connectivity index (χ1n) is 24.0. The minimum Gasteiger partial charge on any atom is -0.394 e. The second-order valence-electron chi connectivity index (χ2n) is 18.9. The predicted molar refractivity (Wildman–Crippen MR) is 233 cm³/mol. The van der Waals surface area contributed by atoms with Crippen LogP contribution in [0.3, 0.4) is 0 Å². The average molecular weight is 1100 g/mol. The Morgan fingerprint density at radius 3 is 1.29 bits per heavy atom. The van der Waals surface area contributed by atoms with Gasteiger partial charge in [0.2, 0.25) is 17.7 Å². The smallest absolute Gasteiger partial charge is 0.217 e. The first kappa shape index (κ1) is 61.5. The Morgan fingerprint density at radius 1 is 0.347 bits per heavy atom. The zero-order valence-corrected chi connectivity index (χ0v) is 40.7. The first-order chi connectivity index (χ1) is 35.4. The van der Waals surface area contributed by atoms with Crippen LogP contribution < -0.4 is 16.0 Å². The molecule has 0 saturated carbocycles. The van der Waals surface area contributed by atoms with Crippen LogP contribution >= 0.6 is 0 Å². The van der Waals surface area contributed by atoms with Crippen molar-refractivity contribution in [1.82, 2.24) is 16.0 Å². The van der Waals surface area contributed by atoms with Crippen molar-refractivity contribution in [1.29, 1.82) is 0 Å². The highest BCUT2D eigenvalue weighted by Crippen LogP contribution is 2.37. The lowest BCUT2D eigenvalue weighted by molar-refractivity contribution is -0.390. The molecular formula is C42H71N3O30. The maximum Gasteiger partial charge on any atom is 0.217 e. The largest absolute Gasteiger partial charge is 0.394 e. The van der Waals surface area contributed by atoms with E-state index in [1.165, 1.54) is 6.92 Å². The monoisotopic (exact) mass is 1100 g/mol. The van der Waals surface area contributed by atoms with Crippen LogP contribution in [-0.4, -0.2) is 317 Å². The van der Waals surface area contributed by atoms with Crippen molar-refractivity contribution in [2.75, 3.05) is 33.0 Å². The highest BCUT2D eigenvalue weighted by Gasteiger charge is 2.58. The fourth-order valence-electron chi connectivity index (χ4n) is 9.65. The lowest BCUT2D eigenvalue weighted by Gasteiger charge is -2.51. The molecule has 33 nitrogen and oxygen atoms in total. The van der Waals surface area contributed by atoms with E-state index in [2.05, 4.69) is 16.0 Å².